The zero-order chi connectivity index (χ0) is 9.10. The molecule has 2 aromatic heterocycles. The van der Waals surface area contributed by atoms with Crippen LogP contribution < -0.4 is 0 Å². The van der Waals surface area contributed by atoms with Crippen molar-refractivity contribution in [3.8, 4) is 0 Å². The topological polar surface area (TPSA) is 55.7 Å². The Morgan fingerprint density at radius 1 is 1.31 bits per heavy atom. The summed E-state index contributed by atoms with van der Waals surface area (Å²) in [4.78, 5) is 19.2. The molecule has 0 radical (unpaired) electrons. The van der Waals surface area contributed by atoms with E-state index in [0.717, 1.165) is 0 Å². The highest BCUT2D eigenvalue weighted by Gasteiger charge is 2.12. The molecule has 0 aliphatic carbocycles. The number of hydrogen-bond donors (Lipinski definition) is 0. The van der Waals surface area contributed by atoms with E-state index in [2.05, 4.69) is 14.3 Å². The minimum absolute atomic E-state index is 0.188. The summed E-state index contributed by atoms with van der Waals surface area (Å²) in [6.45, 7) is 0. The fourth-order valence-corrected chi connectivity index (χ4v) is 1.37. The number of rotatable bonds is 2. The molecular weight excluding hydrogens is 186 g/mol. The first-order valence-corrected chi connectivity index (χ1v) is 4.43. The maximum absolute atomic E-state index is 11.5. The van der Waals surface area contributed by atoms with Crippen molar-refractivity contribution in [2.24, 2.45) is 0 Å². The van der Waals surface area contributed by atoms with Crippen molar-refractivity contribution in [3.05, 3.63) is 41.4 Å². The number of carbonyl (C=O) groups is 1. The Hall–Kier alpha value is -1.62. The lowest BCUT2D eigenvalue weighted by atomic mass is 10.3. The van der Waals surface area contributed by atoms with E-state index in [0.29, 0.717) is 5.69 Å². The highest BCUT2D eigenvalue weighted by molar-refractivity contribution is 7.03. The molecule has 0 fully saturated rings. The molecular formula is C8H5N3OS. The van der Waals surface area contributed by atoms with Crippen LogP contribution in [0.3, 0.4) is 0 Å². The summed E-state index contributed by atoms with van der Waals surface area (Å²) in [6.07, 6.45) is 3.07. The number of ketones is 1. The monoisotopic (exact) mass is 191 g/mol. The molecule has 64 valence electrons. The van der Waals surface area contributed by atoms with Gasteiger partial charge in [0.05, 0.1) is 0 Å². The first-order chi connectivity index (χ1) is 6.38. The Morgan fingerprint density at radius 3 is 2.69 bits per heavy atom. The van der Waals surface area contributed by atoms with Gasteiger partial charge >= 0.3 is 0 Å². The van der Waals surface area contributed by atoms with Crippen LogP contribution in [-0.2, 0) is 0 Å². The van der Waals surface area contributed by atoms with Gasteiger partial charge in [-0.3, -0.25) is 4.79 Å². The average Bonchev–Trinajstić information content (AvgIpc) is 2.71. The molecule has 5 heteroatoms. The maximum atomic E-state index is 11.5. The van der Waals surface area contributed by atoms with Crippen molar-refractivity contribution < 1.29 is 4.79 Å². The number of aromatic nitrogens is 3. The second kappa shape index (κ2) is 3.40. The van der Waals surface area contributed by atoms with Crippen LogP contribution in [-0.4, -0.2) is 20.1 Å². The van der Waals surface area contributed by atoms with Gasteiger partial charge in [0.15, 0.2) is 0 Å². The summed E-state index contributed by atoms with van der Waals surface area (Å²) in [5, 5.41) is 1.75. The molecule has 0 aliphatic rings. The van der Waals surface area contributed by atoms with Crippen molar-refractivity contribution in [1.82, 2.24) is 14.3 Å². The van der Waals surface area contributed by atoms with Gasteiger partial charge in [0, 0.05) is 17.8 Å². The molecule has 2 rings (SSSR count). The molecule has 0 bridgehead atoms. The van der Waals surface area contributed by atoms with E-state index in [9.17, 15) is 4.79 Å². The van der Waals surface area contributed by atoms with Gasteiger partial charge in [0.1, 0.15) is 5.69 Å². The van der Waals surface area contributed by atoms with E-state index in [1.165, 1.54) is 23.9 Å². The van der Waals surface area contributed by atoms with Crippen LogP contribution in [0.4, 0.5) is 0 Å². The van der Waals surface area contributed by atoms with Crippen LogP contribution in [0.25, 0.3) is 0 Å². The highest BCUT2D eigenvalue weighted by atomic mass is 32.1. The van der Waals surface area contributed by atoms with Crippen LogP contribution in [0.2, 0.25) is 0 Å². The molecule has 4 nitrogen and oxygen atoms in total. The van der Waals surface area contributed by atoms with Gasteiger partial charge in [-0.2, -0.15) is 4.37 Å². The average molecular weight is 191 g/mol. The second-order valence-corrected chi connectivity index (χ2v) is 2.95. The van der Waals surface area contributed by atoms with Gasteiger partial charge in [0.2, 0.25) is 11.6 Å². The third-order valence-electron chi connectivity index (χ3n) is 1.44. The largest absolute Gasteiger partial charge is 0.283 e. The predicted octanol–water partition coefficient (Wildman–Crippen LogP) is 1.16. The molecule has 0 spiro atoms. The van der Waals surface area contributed by atoms with E-state index in [1.54, 1.807) is 17.5 Å². The molecule has 0 amide bonds. The first-order valence-electron chi connectivity index (χ1n) is 3.60. The van der Waals surface area contributed by atoms with Gasteiger partial charge in [-0.15, -0.1) is 0 Å². The van der Waals surface area contributed by atoms with Gasteiger partial charge in [-0.05, 0) is 23.7 Å². The van der Waals surface area contributed by atoms with Crippen molar-refractivity contribution in [2.75, 3.05) is 0 Å². The normalized spacial score (nSPS) is 9.85. The quantitative estimate of drug-likeness (QED) is 0.668. The Balaban J connectivity index is 2.34. The van der Waals surface area contributed by atoms with Gasteiger partial charge in [0.25, 0.3) is 0 Å². The molecule has 0 aromatic carbocycles. The van der Waals surface area contributed by atoms with Crippen LogP contribution >= 0.6 is 11.5 Å². The second-order valence-electron chi connectivity index (χ2n) is 2.29. The summed E-state index contributed by atoms with van der Waals surface area (Å²) in [5.74, 6) is -0.0461. The van der Waals surface area contributed by atoms with Gasteiger partial charge < -0.3 is 0 Å². The van der Waals surface area contributed by atoms with Crippen molar-refractivity contribution in [1.29, 1.82) is 0 Å². The maximum Gasteiger partial charge on any atom is 0.249 e. The SMILES string of the molecule is O=C(c1ccsn1)c1ncccn1. The van der Waals surface area contributed by atoms with E-state index >= 15 is 0 Å². The molecule has 0 saturated carbocycles. The zero-order valence-electron chi connectivity index (χ0n) is 6.54. The molecule has 0 atom stereocenters. The molecule has 0 unspecified atom stereocenters. The lowest BCUT2D eigenvalue weighted by Crippen LogP contribution is -2.06. The summed E-state index contributed by atoms with van der Waals surface area (Å²) in [7, 11) is 0. The Labute approximate surface area is 78.5 Å². The lowest BCUT2D eigenvalue weighted by molar-refractivity contribution is 0.102. The van der Waals surface area contributed by atoms with Crippen LogP contribution in [0.5, 0.6) is 0 Å². The van der Waals surface area contributed by atoms with Crippen LogP contribution in [0.1, 0.15) is 16.3 Å². The smallest absolute Gasteiger partial charge is 0.249 e. The Morgan fingerprint density at radius 2 is 2.08 bits per heavy atom. The fourth-order valence-electron chi connectivity index (χ4n) is 0.861. The lowest BCUT2D eigenvalue weighted by Gasteiger charge is -1.92. The minimum Gasteiger partial charge on any atom is -0.283 e. The number of carbonyl (C=O) groups excluding carboxylic acids is 1. The van der Waals surface area contributed by atoms with Crippen LogP contribution in [0.15, 0.2) is 29.9 Å². The van der Waals surface area contributed by atoms with Crippen LogP contribution in [0, 0.1) is 0 Å². The predicted molar refractivity (Wildman–Crippen MR) is 47.6 cm³/mol. The molecule has 2 heterocycles. The van der Waals surface area contributed by atoms with E-state index in [1.807, 2.05) is 0 Å². The summed E-state index contributed by atoms with van der Waals surface area (Å²) in [5.41, 5.74) is 0.399. The molecule has 0 N–H and O–H groups in total. The molecule has 0 aliphatic heterocycles. The highest BCUT2D eigenvalue weighted by Crippen LogP contribution is 2.04. The molecule has 0 saturated heterocycles. The Kier molecular flexibility index (Phi) is 2.09. The van der Waals surface area contributed by atoms with Gasteiger partial charge in [-0.1, -0.05) is 0 Å². The number of nitrogens with zero attached hydrogens (tertiary/aromatic N) is 3. The minimum atomic E-state index is -0.234. The molecule has 13 heavy (non-hydrogen) atoms. The molecule has 2 aromatic rings. The van der Waals surface area contributed by atoms with E-state index in [-0.39, 0.29) is 11.6 Å². The van der Waals surface area contributed by atoms with E-state index in [4.69, 9.17) is 0 Å². The van der Waals surface area contributed by atoms with Gasteiger partial charge in [-0.25, -0.2) is 9.97 Å². The zero-order valence-corrected chi connectivity index (χ0v) is 7.36. The summed E-state index contributed by atoms with van der Waals surface area (Å²) in [6, 6.07) is 3.32. The summed E-state index contributed by atoms with van der Waals surface area (Å²) < 4.78 is 3.90. The first kappa shape index (κ1) is 8.00. The third-order valence-corrected chi connectivity index (χ3v) is 2.00. The standard InChI is InChI=1S/C8H5N3OS/c12-7(6-2-5-13-11-6)8-9-3-1-4-10-8/h1-5H. The van der Waals surface area contributed by atoms with E-state index < -0.39 is 0 Å². The third kappa shape index (κ3) is 1.59. The Bertz CT molecular complexity index is 399. The number of hydrogen-bond acceptors (Lipinski definition) is 5. The fraction of sp³-hybridized carbons (Fsp3) is 0. The summed E-state index contributed by atoms with van der Waals surface area (Å²) >= 11 is 1.24. The van der Waals surface area contributed by atoms with Crippen molar-refractivity contribution >= 4 is 17.3 Å². The van der Waals surface area contributed by atoms with Crippen molar-refractivity contribution in [2.45, 2.75) is 0 Å². The van der Waals surface area contributed by atoms with Crippen molar-refractivity contribution in [3.63, 3.8) is 0 Å².